The molecule has 0 fully saturated rings. The molecule has 23 heavy (non-hydrogen) atoms. The summed E-state index contributed by atoms with van der Waals surface area (Å²) >= 11 is 0. The number of ether oxygens (including phenoxy) is 1. The Hall–Kier alpha value is -2.45. The Morgan fingerprint density at radius 1 is 1.35 bits per heavy atom. The summed E-state index contributed by atoms with van der Waals surface area (Å²) in [5.41, 5.74) is 7.59. The normalized spacial score (nSPS) is 11.6. The van der Waals surface area contributed by atoms with Crippen LogP contribution in [0.1, 0.15) is 50.2 Å². The fraction of sp³-hybridized carbons (Fsp3) is 0.389. The molecule has 5 heteroatoms. The molecule has 0 unspecified atom stereocenters. The molecule has 0 saturated heterocycles. The Labute approximate surface area is 136 Å². The fourth-order valence-electron chi connectivity index (χ4n) is 2.11. The number of carbonyl (C=O) groups is 1. The van der Waals surface area contributed by atoms with Crippen molar-refractivity contribution in [2.45, 2.75) is 38.6 Å². The van der Waals surface area contributed by atoms with Crippen LogP contribution in [0.5, 0.6) is 0 Å². The average molecular weight is 311 g/mol. The molecule has 0 amide bonds. The first-order chi connectivity index (χ1) is 11.2. The van der Waals surface area contributed by atoms with E-state index < -0.39 is 0 Å². The van der Waals surface area contributed by atoms with E-state index in [0.29, 0.717) is 30.8 Å². The second kappa shape index (κ2) is 8.25. The third-order valence-electron chi connectivity index (χ3n) is 3.51. The smallest absolute Gasteiger partial charge is 0.305 e. The van der Waals surface area contributed by atoms with Gasteiger partial charge in [-0.1, -0.05) is 25.0 Å². The van der Waals surface area contributed by atoms with Crippen LogP contribution in [0, 0.1) is 11.8 Å². The highest BCUT2D eigenvalue weighted by molar-refractivity contribution is 5.83. The van der Waals surface area contributed by atoms with Crippen molar-refractivity contribution in [1.82, 2.24) is 9.97 Å². The Morgan fingerprint density at radius 3 is 2.87 bits per heavy atom. The second-order valence-corrected chi connectivity index (χ2v) is 5.19. The van der Waals surface area contributed by atoms with E-state index in [2.05, 4.69) is 26.5 Å². The summed E-state index contributed by atoms with van der Waals surface area (Å²) in [7, 11) is 1.39. The lowest BCUT2D eigenvalue weighted by Gasteiger charge is -2.09. The van der Waals surface area contributed by atoms with Gasteiger partial charge in [0, 0.05) is 18.2 Å². The summed E-state index contributed by atoms with van der Waals surface area (Å²) in [6.45, 7) is 2.00. The summed E-state index contributed by atoms with van der Waals surface area (Å²) < 4.78 is 4.61. The quantitative estimate of drug-likeness (QED) is 0.522. The highest BCUT2D eigenvalue weighted by atomic mass is 16.5. The zero-order chi connectivity index (χ0) is 16.7. The number of esters is 1. The van der Waals surface area contributed by atoms with Gasteiger partial charge in [0.15, 0.2) is 0 Å². The van der Waals surface area contributed by atoms with Gasteiger partial charge in [-0.2, -0.15) is 0 Å². The fourth-order valence-corrected chi connectivity index (χ4v) is 2.11. The maximum Gasteiger partial charge on any atom is 0.305 e. The van der Waals surface area contributed by atoms with E-state index in [0.717, 1.165) is 17.3 Å². The van der Waals surface area contributed by atoms with Crippen molar-refractivity contribution in [3.8, 4) is 11.8 Å². The van der Waals surface area contributed by atoms with Crippen molar-refractivity contribution in [1.29, 1.82) is 0 Å². The van der Waals surface area contributed by atoms with Crippen molar-refractivity contribution >= 4 is 16.9 Å². The van der Waals surface area contributed by atoms with Crippen LogP contribution in [0.2, 0.25) is 0 Å². The van der Waals surface area contributed by atoms with Gasteiger partial charge in [0.25, 0.3) is 0 Å². The Morgan fingerprint density at radius 2 is 2.13 bits per heavy atom. The number of hydrogen-bond acceptors (Lipinski definition) is 5. The number of benzene rings is 1. The number of nitrogens with zero attached hydrogens (tertiary/aromatic N) is 2. The van der Waals surface area contributed by atoms with E-state index in [4.69, 9.17) is 5.73 Å². The highest BCUT2D eigenvalue weighted by Gasteiger charge is 2.11. The summed E-state index contributed by atoms with van der Waals surface area (Å²) in [4.78, 5) is 20.1. The van der Waals surface area contributed by atoms with E-state index in [1.807, 2.05) is 31.2 Å². The molecule has 0 bridgehead atoms. The minimum Gasteiger partial charge on any atom is -0.469 e. The molecule has 2 aromatic rings. The Bertz CT molecular complexity index is 747. The van der Waals surface area contributed by atoms with Crippen molar-refractivity contribution < 1.29 is 9.53 Å². The lowest BCUT2D eigenvalue weighted by atomic mass is 10.1. The molecule has 1 atom stereocenters. The van der Waals surface area contributed by atoms with E-state index in [1.54, 1.807) is 0 Å². The SMILES string of the molecule is CC[C@H](N)c1nc(C#CCCCC(=O)OC)c2ccccc2n1. The zero-order valence-corrected chi connectivity index (χ0v) is 13.5. The van der Waals surface area contributed by atoms with Crippen LogP contribution in [0.15, 0.2) is 24.3 Å². The van der Waals surface area contributed by atoms with E-state index in [9.17, 15) is 4.79 Å². The molecule has 0 aliphatic carbocycles. The Balaban J connectivity index is 2.23. The average Bonchev–Trinajstić information content (AvgIpc) is 2.60. The van der Waals surface area contributed by atoms with Crippen molar-refractivity contribution in [3.63, 3.8) is 0 Å². The van der Waals surface area contributed by atoms with E-state index >= 15 is 0 Å². The van der Waals surface area contributed by atoms with Gasteiger partial charge in [0.1, 0.15) is 11.5 Å². The molecule has 0 spiro atoms. The first kappa shape index (κ1) is 16.9. The van der Waals surface area contributed by atoms with Crippen LogP contribution in [-0.2, 0) is 9.53 Å². The van der Waals surface area contributed by atoms with Crippen LogP contribution in [0.3, 0.4) is 0 Å². The minimum atomic E-state index is -0.213. The number of carbonyl (C=O) groups excluding carboxylic acids is 1. The predicted octanol–water partition coefficient (Wildman–Crippen LogP) is 2.73. The van der Waals surface area contributed by atoms with Crippen LogP contribution in [0.4, 0.5) is 0 Å². The van der Waals surface area contributed by atoms with E-state index in [-0.39, 0.29) is 12.0 Å². The van der Waals surface area contributed by atoms with Crippen molar-refractivity contribution in [3.05, 3.63) is 35.8 Å². The molecule has 1 aromatic carbocycles. The van der Waals surface area contributed by atoms with Crippen LogP contribution in [-0.4, -0.2) is 23.0 Å². The summed E-state index contributed by atoms with van der Waals surface area (Å²) in [5, 5.41) is 0.917. The summed E-state index contributed by atoms with van der Waals surface area (Å²) in [5.74, 6) is 6.56. The Kier molecular flexibility index (Phi) is 6.07. The van der Waals surface area contributed by atoms with Crippen molar-refractivity contribution in [2.75, 3.05) is 7.11 Å². The third kappa shape index (κ3) is 4.51. The number of methoxy groups -OCH3 is 1. The van der Waals surface area contributed by atoms with Gasteiger partial charge in [-0.15, -0.1) is 0 Å². The largest absolute Gasteiger partial charge is 0.469 e. The number of para-hydroxylation sites is 1. The van der Waals surface area contributed by atoms with E-state index in [1.165, 1.54) is 7.11 Å². The number of aromatic nitrogens is 2. The first-order valence-electron chi connectivity index (χ1n) is 7.73. The summed E-state index contributed by atoms with van der Waals surface area (Å²) in [6.07, 6.45) is 2.43. The monoisotopic (exact) mass is 311 g/mol. The molecule has 0 radical (unpaired) electrons. The molecule has 120 valence electrons. The number of hydrogen-bond donors (Lipinski definition) is 1. The van der Waals surface area contributed by atoms with Gasteiger partial charge >= 0.3 is 5.97 Å². The summed E-state index contributed by atoms with van der Waals surface area (Å²) in [6, 6.07) is 7.57. The molecule has 2 N–H and O–H groups in total. The van der Waals surface area contributed by atoms with Gasteiger partial charge in [-0.05, 0) is 30.9 Å². The van der Waals surface area contributed by atoms with Gasteiger partial charge < -0.3 is 10.5 Å². The molecule has 0 aliphatic heterocycles. The molecule has 5 nitrogen and oxygen atoms in total. The standard InChI is InChI=1S/C18H21N3O2/c1-3-14(19)18-20-15(10-5-4-6-12-17(22)23-2)13-9-7-8-11-16(13)21-18/h7-9,11,14H,3-4,6,12,19H2,1-2H3/t14-/m0/s1. The molecule has 2 rings (SSSR count). The van der Waals surface area contributed by atoms with Gasteiger partial charge in [-0.25, -0.2) is 9.97 Å². The topological polar surface area (TPSA) is 78.1 Å². The number of unbranched alkanes of at least 4 members (excludes halogenated alkanes) is 1. The zero-order valence-electron chi connectivity index (χ0n) is 13.5. The molecular formula is C18H21N3O2. The molecule has 0 saturated carbocycles. The molecular weight excluding hydrogens is 290 g/mol. The van der Waals surface area contributed by atoms with Gasteiger partial charge in [0.05, 0.1) is 18.7 Å². The lowest BCUT2D eigenvalue weighted by Crippen LogP contribution is -2.13. The molecule has 1 heterocycles. The predicted molar refractivity (Wildman–Crippen MR) is 89.5 cm³/mol. The maximum atomic E-state index is 11.1. The van der Waals surface area contributed by atoms with Crippen LogP contribution in [0.25, 0.3) is 10.9 Å². The van der Waals surface area contributed by atoms with Gasteiger partial charge in [0.2, 0.25) is 0 Å². The second-order valence-electron chi connectivity index (χ2n) is 5.19. The van der Waals surface area contributed by atoms with Crippen LogP contribution < -0.4 is 5.73 Å². The van der Waals surface area contributed by atoms with Crippen molar-refractivity contribution in [2.24, 2.45) is 5.73 Å². The minimum absolute atomic E-state index is 0.195. The first-order valence-corrected chi connectivity index (χ1v) is 7.73. The maximum absolute atomic E-state index is 11.1. The lowest BCUT2D eigenvalue weighted by molar-refractivity contribution is -0.140. The third-order valence-corrected chi connectivity index (χ3v) is 3.51. The number of fused-ring (bicyclic) bond motifs is 1. The van der Waals surface area contributed by atoms with Gasteiger partial charge in [-0.3, -0.25) is 4.79 Å². The molecule has 0 aliphatic rings. The van der Waals surface area contributed by atoms with Crippen LogP contribution >= 0.6 is 0 Å². The number of rotatable bonds is 5. The molecule has 1 aromatic heterocycles. The number of nitrogens with two attached hydrogens (primary N) is 1. The highest BCUT2D eigenvalue weighted by Crippen LogP contribution is 2.18.